The molecule has 1 amide bonds. The monoisotopic (exact) mass is 356 g/mol. The molecule has 0 radical (unpaired) electrons. The highest BCUT2D eigenvalue weighted by atomic mass is 16.3. The molecule has 0 bridgehead atoms. The first kappa shape index (κ1) is 18.1. The standard InChI is InChI=1S/C18H24N6O2/c1-14(13-25)22-16-5-4-15(12-21-16)17(26)23-8-3-9-24(11-10-23)18-19-6-2-7-20-18/h2,4-7,12,14,25H,3,8-11,13H2,1H3,(H,21,22)/t14-/m0/s1. The molecule has 2 N–H and O–H groups in total. The number of carbonyl (C=O) groups is 1. The molecule has 26 heavy (non-hydrogen) atoms. The van der Waals surface area contributed by atoms with Gasteiger partial charge < -0.3 is 20.2 Å². The van der Waals surface area contributed by atoms with Gasteiger partial charge in [-0.05, 0) is 31.5 Å². The summed E-state index contributed by atoms with van der Waals surface area (Å²) >= 11 is 0. The number of hydrogen-bond donors (Lipinski definition) is 2. The van der Waals surface area contributed by atoms with Crippen molar-refractivity contribution in [2.75, 3.05) is 43.0 Å². The number of rotatable bonds is 5. The highest BCUT2D eigenvalue weighted by Crippen LogP contribution is 2.14. The quantitative estimate of drug-likeness (QED) is 0.826. The van der Waals surface area contributed by atoms with Crippen molar-refractivity contribution < 1.29 is 9.90 Å². The second kappa shape index (κ2) is 8.57. The molecular formula is C18H24N6O2. The first-order valence-electron chi connectivity index (χ1n) is 8.82. The Morgan fingerprint density at radius 2 is 2.00 bits per heavy atom. The number of hydrogen-bond acceptors (Lipinski definition) is 7. The number of pyridine rings is 1. The van der Waals surface area contributed by atoms with Gasteiger partial charge in [-0.25, -0.2) is 15.0 Å². The Kier molecular flexibility index (Phi) is 5.96. The average Bonchev–Trinajstić information content (AvgIpc) is 2.95. The van der Waals surface area contributed by atoms with Gasteiger partial charge in [-0.15, -0.1) is 0 Å². The molecule has 0 aromatic carbocycles. The zero-order valence-corrected chi connectivity index (χ0v) is 14.9. The second-order valence-electron chi connectivity index (χ2n) is 6.34. The van der Waals surface area contributed by atoms with E-state index in [1.165, 1.54) is 0 Å². The third-order valence-corrected chi connectivity index (χ3v) is 4.30. The fraction of sp³-hybridized carbons (Fsp3) is 0.444. The number of aromatic nitrogens is 3. The predicted octanol–water partition coefficient (Wildman–Crippen LogP) is 1.02. The molecular weight excluding hydrogens is 332 g/mol. The Balaban J connectivity index is 1.61. The molecule has 2 aromatic heterocycles. The summed E-state index contributed by atoms with van der Waals surface area (Å²) in [5.41, 5.74) is 0.566. The lowest BCUT2D eigenvalue weighted by molar-refractivity contribution is 0.0766. The van der Waals surface area contributed by atoms with Gasteiger partial charge in [0, 0.05) is 50.8 Å². The van der Waals surface area contributed by atoms with E-state index in [2.05, 4.69) is 25.2 Å². The number of aliphatic hydroxyl groups is 1. The minimum atomic E-state index is -0.0825. The van der Waals surface area contributed by atoms with Crippen LogP contribution >= 0.6 is 0 Å². The van der Waals surface area contributed by atoms with Crippen LogP contribution in [0.15, 0.2) is 36.8 Å². The first-order valence-corrected chi connectivity index (χ1v) is 8.82. The molecule has 2 aromatic rings. The van der Waals surface area contributed by atoms with Crippen LogP contribution < -0.4 is 10.2 Å². The van der Waals surface area contributed by atoms with E-state index >= 15 is 0 Å². The summed E-state index contributed by atoms with van der Waals surface area (Å²) in [5.74, 6) is 1.33. The summed E-state index contributed by atoms with van der Waals surface area (Å²) in [6.45, 7) is 4.74. The Hall–Kier alpha value is -2.74. The summed E-state index contributed by atoms with van der Waals surface area (Å²) in [4.78, 5) is 29.6. The van der Waals surface area contributed by atoms with Gasteiger partial charge in [0.05, 0.1) is 12.2 Å². The normalized spacial score (nSPS) is 16.1. The third kappa shape index (κ3) is 4.45. The Morgan fingerprint density at radius 3 is 2.69 bits per heavy atom. The van der Waals surface area contributed by atoms with Gasteiger partial charge in [0.2, 0.25) is 5.95 Å². The number of nitrogens with one attached hydrogen (secondary N) is 1. The number of aliphatic hydroxyl groups excluding tert-OH is 1. The minimum absolute atomic E-state index is 0.0184. The molecule has 1 atom stereocenters. The summed E-state index contributed by atoms with van der Waals surface area (Å²) < 4.78 is 0. The van der Waals surface area contributed by atoms with Crippen LogP contribution in [0.3, 0.4) is 0 Å². The average molecular weight is 356 g/mol. The van der Waals surface area contributed by atoms with Crippen molar-refractivity contribution in [3.05, 3.63) is 42.4 Å². The van der Waals surface area contributed by atoms with Crippen LogP contribution in [0.2, 0.25) is 0 Å². The summed E-state index contributed by atoms with van der Waals surface area (Å²) in [6, 6.07) is 5.25. The second-order valence-corrected chi connectivity index (χ2v) is 6.34. The summed E-state index contributed by atoms with van der Waals surface area (Å²) in [5, 5.41) is 12.1. The van der Waals surface area contributed by atoms with Gasteiger partial charge in [-0.3, -0.25) is 4.79 Å². The predicted molar refractivity (Wildman–Crippen MR) is 99.2 cm³/mol. The van der Waals surface area contributed by atoms with Crippen molar-refractivity contribution in [2.24, 2.45) is 0 Å². The highest BCUT2D eigenvalue weighted by molar-refractivity contribution is 5.94. The van der Waals surface area contributed by atoms with Gasteiger partial charge in [-0.2, -0.15) is 0 Å². The maximum absolute atomic E-state index is 12.8. The molecule has 8 heteroatoms. The van der Waals surface area contributed by atoms with E-state index in [4.69, 9.17) is 5.11 Å². The Labute approximate surface area is 152 Å². The molecule has 0 spiro atoms. The maximum Gasteiger partial charge on any atom is 0.255 e. The lowest BCUT2D eigenvalue weighted by Gasteiger charge is -2.22. The number of amides is 1. The maximum atomic E-state index is 12.8. The SMILES string of the molecule is C[C@@H](CO)Nc1ccc(C(=O)N2CCCN(c3ncccn3)CC2)cn1. The van der Waals surface area contributed by atoms with Gasteiger partial charge >= 0.3 is 0 Å². The number of anilines is 2. The van der Waals surface area contributed by atoms with E-state index in [1.54, 1.807) is 36.8 Å². The van der Waals surface area contributed by atoms with Crippen molar-refractivity contribution in [2.45, 2.75) is 19.4 Å². The van der Waals surface area contributed by atoms with E-state index in [0.29, 0.717) is 37.0 Å². The zero-order chi connectivity index (χ0) is 18.4. The molecule has 138 valence electrons. The molecule has 1 aliphatic heterocycles. The smallest absolute Gasteiger partial charge is 0.255 e. The Morgan fingerprint density at radius 1 is 1.19 bits per heavy atom. The first-order chi connectivity index (χ1) is 12.7. The van der Waals surface area contributed by atoms with Crippen molar-refractivity contribution in [1.82, 2.24) is 19.9 Å². The number of nitrogens with zero attached hydrogens (tertiary/aromatic N) is 5. The molecule has 1 fully saturated rings. The molecule has 0 saturated carbocycles. The van der Waals surface area contributed by atoms with E-state index in [9.17, 15) is 4.79 Å². The van der Waals surface area contributed by atoms with Crippen LogP contribution in [-0.2, 0) is 0 Å². The molecule has 1 saturated heterocycles. The molecule has 0 aliphatic carbocycles. The van der Waals surface area contributed by atoms with Crippen LogP contribution in [-0.4, -0.2) is 69.7 Å². The topological polar surface area (TPSA) is 94.5 Å². The van der Waals surface area contributed by atoms with Crippen molar-refractivity contribution in [3.8, 4) is 0 Å². The van der Waals surface area contributed by atoms with Gasteiger partial charge in [0.1, 0.15) is 5.82 Å². The molecule has 0 unspecified atom stereocenters. The van der Waals surface area contributed by atoms with E-state index < -0.39 is 0 Å². The van der Waals surface area contributed by atoms with E-state index in [0.717, 1.165) is 13.0 Å². The van der Waals surface area contributed by atoms with E-state index in [1.807, 2.05) is 11.8 Å². The van der Waals surface area contributed by atoms with Crippen LogP contribution in [0.4, 0.5) is 11.8 Å². The van der Waals surface area contributed by atoms with Crippen LogP contribution in [0.25, 0.3) is 0 Å². The lowest BCUT2D eigenvalue weighted by Crippen LogP contribution is -2.35. The Bertz CT molecular complexity index is 709. The fourth-order valence-electron chi connectivity index (χ4n) is 2.86. The lowest BCUT2D eigenvalue weighted by atomic mass is 10.2. The van der Waals surface area contributed by atoms with Crippen molar-refractivity contribution in [3.63, 3.8) is 0 Å². The van der Waals surface area contributed by atoms with Gasteiger partial charge in [0.25, 0.3) is 5.91 Å². The zero-order valence-electron chi connectivity index (χ0n) is 14.9. The largest absolute Gasteiger partial charge is 0.394 e. The molecule has 8 nitrogen and oxygen atoms in total. The number of carbonyl (C=O) groups excluding carboxylic acids is 1. The van der Waals surface area contributed by atoms with E-state index in [-0.39, 0.29) is 18.6 Å². The minimum Gasteiger partial charge on any atom is -0.394 e. The molecule has 3 rings (SSSR count). The van der Waals surface area contributed by atoms with Crippen LogP contribution in [0.5, 0.6) is 0 Å². The molecule has 3 heterocycles. The van der Waals surface area contributed by atoms with Crippen molar-refractivity contribution >= 4 is 17.7 Å². The van der Waals surface area contributed by atoms with Crippen LogP contribution in [0, 0.1) is 0 Å². The summed E-state index contributed by atoms with van der Waals surface area (Å²) in [7, 11) is 0. The highest BCUT2D eigenvalue weighted by Gasteiger charge is 2.21. The van der Waals surface area contributed by atoms with Gasteiger partial charge in [0.15, 0.2) is 0 Å². The van der Waals surface area contributed by atoms with Gasteiger partial charge in [-0.1, -0.05) is 0 Å². The summed E-state index contributed by atoms with van der Waals surface area (Å²) in [6.07, 6.45) is 5.91. The fourth-order valence-corrected chi connectivity index (χ4v) is 2.86. The van der Waals surface area contributed by atoms with Crippen molar-refractivity contribution in [1.29, 1.82) is 0 Å². The molecule has 1 aliphatic rings. The van der Waals surface area contributed by atoms with Crippen LogP contribution in [0.1, 0.15) is 23.7 Å². The third-order valence-electron chi connectivity index (χ3n) is 4.30.